The fraction of sp³-hybridized carbons (Fsp3) is 0.595. The highest BCUT2D eigenvalue weighted by atomic mass is 19.1. The molecule has 0 bridgehead atoms. The van der Waals surface area contributed by atoms with Gasteiger partial charge in [-0.2, -0.15) is 0 Å². The Hall–Kier alpha value is -4.72. The van der Waals surface area contributed by atoms with Crippen molar-refractivity contribution in [3.63, 3.8) is 0 Å². The van der Waals surface area contributed by atoms with E-state index in [-0.39, 0.29) is 25.4 Å². The van der Waals surface area contributed by atoms with Gasteiger partial charge in [0.15, 0.2) is 12.2 Å². The zero-order valence-electron chi connectivity index (χ0n) is 34.5. The number of hydrogen-bond acceptors (Lipinski definition) is 11. The SMILES string of the molecule is CC(C)C[C@@H](C(=O)O[C@H](C)C(=O)OCc1ccccc1)N(C)C(=O)[C@@H](Cc1ccc(N2CCOCC2)cc1)OC(=O)[C@H](CC(C)(C)F)N(C)C(=O)OC(C)(C)C. The molecule has 2 aromatic rings. The average molecular weight is 786 g/mol. The van der Waals surface area contributed by atoms with E-state index in [1.807, 2.05) is 56.3 Å². The van der Waals surface area contributed by atoms with E-state index in [9.17, 15) is 24.0 Å². The van der Waals surface area contributed by atoms with Crippen molar-refractivity contribution in [3.8, 4) is 0 Å². The number of hydrogen-bond donors (Lipinski definition) is 0. The highest BCUT2D eigenvalue weighted by Gasteiger charge is 2.41. The fourth-order valence-electron chi connectivity index (χ4n) is 5.96. The van der Waals surface area contributed by atoms with Crippen molar-refractivity contribution in [1.82, 2.24) is 9.80 Å². The van der Waals surface area contributed by atoms with Crippen LogP contribution in [0.25, 0.3) is 0 Å². The van der Waals surface area contributed by atoms with Crippen LogP contribution in [-0.2, 0) is 55.9 Å². The van der Waals surface area contributed by atoms with E-state index in [1.165, 1.54) is 34.9 Å². The van der Waals surface area contributed by atoms with Gasteiger partial charge in [-0.05, 0) is 77.1 Å². The Bertz CT molecular complexity index is 1600. The first kappa shape index (κ1) is 45.7. The minimum atomic E-state index is -1.92. The van der Waals surface area contributed by atoms with Crippen molar-refractivity contribution in [2.45, 2.75) is 117 Å². The van der Waals surface area contributed by atoms with Crippen LogP contribution in [0, 0.1) is 5.92 Å². The van der Waals surface area contributed by atoms with Crippen molar-refractivity contribution in [3.05, 3.63) is 65.7 Å². The Balaban J connectivity index is 1.91. The van der Waals surface area contributed by atoms with Crippen LogP contribution >= 0.6 is 0 Å². The summed E-state index contributed by atoms with van der Waals surface area (Å²) in [6, 6.07) is 13.8. The van der Waals surface area contributed by atoms with Gasteiger partial charge in [-0.1, -0.05) is 56.3 Å². The number of likely N-dealkylation sites (N-methyl/N-ethyl adjacent to an activating group) is 2. The number of anilines is 1. The van der Waals surface area contributed by atoms with Crippen molar-refractivity contribution >= 4 is 35.6 Å². The first-order valence-electron chi connectivity index (χ1n) is 19.1. The standard InChI is InChI=1S/C42H60FN3O10/c1-28(2)24-33(38(49)54-29(3)37(48)53-27-31-14-12-11-13-15-31)44(9)36(47)35(25-30-16-18-32(19-17-30)46-20-22-52-23-21-46)55-39(50)34(26-42(7,8)43)45(10)40(51)56-41(4,5)6/h11-19,28-29,33-35H,20-27H2,1-10H3/t29-,33+,34+,35-/m1/s1. The number of amides is 2. The van der Waals surface area contributed by atoms with Crippen LogP contribution in [-0.4, -0.2) is 116 Å². The Morgan fingerprint density at radius 2 is 1.38 bits per heavy atom. The Labute approximate surface area is 330 Å². The number of ether oxygens (including phenoxy) is 5. The van der Waals surface area contributed by atoms with Crippen LogP contribution in [0.15, 0.2) is 54.6 Å². The van der Waals surface area contributed by atoms with Gasteiger partial charge in [0, 0.05) is 45.7 Å². The smallest absolute Gasteiger partial charge is 0.410 e. The second-order valence-electron chi connectivity index (χ2n) is 16.2. The fourth-order valence-corrected chi connectivity index (χ4v) is 5.96. The molecule has 0 unspecified atom stereocenters. The number of carbonyl (C=O) groups excluding carboxylic acids is 5. The van der Waals surface area contributed by atoms with Gasteiger partial charge < -0.3 is 33.5 Å². The second-order valence-corrected chi connectivity index (χ2v) is 16.2. The summed E-state index contributed by atoms with van der Waals surface area (Å²) in [4.78, 5) is 72.3. The van der Waals surface area contributed by atoms with E-state index in [2.05, 4.69) is 4.90 Å². The summed E-state index contributed by atoms with van der Waals surface area (Å²) in [5.74, 6) is -3.48. The topological polar surface area (TPSA) is 141 Å². The molecule has 1 saturated heterocycles. The zero-order valence-corrected chi connectivity index (χ0v) is 34.5. The van der Waals surface area contributed by atoms with Gasteiger partial charge in [0.1, 0.15) is 30.0 Å². The highest BCUT2D eigenvalue weighted by molar-refractivity contribution is 5.90. The number of rotatable bonds is 17. The molecule has 0 spiro atoms. The molecule has 56 heavy (non-hydrogen) atoms. The van der Waals surface area contributed by atoms with Gasteiger partial charge in [-0.15, -0.1) is 0 Å². The lowest BCUT2D eigenvalue weighted by Gasteiger charge is -2.34. The minimum absolute atomic E-state index is 0.0143. The van der Waals surface area contributed by atoms with Crippen LogP contribution in [0.3, 0.4) is 0 Å². The lowest BCUT2D eigenvalue weighted by molar-refractivity contribution is -0.174. The first-order valence-corrected chi connectivity index (χ1v) is 19.1. The van der Waals surface area contributed by atoms with Crippen LogP contribution in [0.1, 0.15) is 79.4 Å². The van der Waals surface area contributed by atoms with E-state index in [1.54, 1.807) is 32.9 Å². The normalized spacial score (nSPS) is 15.5. The zero-order chi connectivity index (χ0) is 41.8. The van der Waals surface area contributed by atoms with Crippen LogP contribution < -0.4 is 4.90 Å². The highest BCUT2D eigenvalue weighted by Crippen LogP contribution is 2.25. The summed E-state index contributed by atoms with van der Waals surface area (Å²) in [7, 11) is 2.70. The lowest BCUT2D eigenvalue weighted by Crippen LogP contribution is -2.52. The molecule has 1 fully saturated rings. The molecule has 0 saturated carbocycles. The van der Waals surface area contributed by atoms with Crippen LogP contribution in [0.4, 0.5) is 14.9 Å². The number of halogens is 1. The Kier molecular flexibility index (Phi) is 16.7. The average Bonchev–Trinajstić information content (AvgIpc) is 3.13. The van der Waals surface area contributed by atoms with Gasteiger partial charge >= 0.3 is 24.0 Å². The molecule has 0 aromatic heterocycles. The third-order valence-electron chi connectivity index (χ3n) is 9.00. The monoisotopic (exact) mass is 785 g/mol. The van der Waals surface area contributed by atoms with Crippen molar-refractivity contribution in [2.75, 3.05) is 45.3 Å². The number of esters is 3. The molecular formula is C42H60FN3O10. The third-order valence-corrected chi connectivity index (χ3v) is 9.00. The summed E-state index contributed by atoms with van der Waals surface area (Å²) < 4.78 is 42.9. The van der Waals surface area contributed by atoms with Crippen molar-refractivity contribution < 1.29 is 52.0 Å². The molecule has 1 aliphatic heterocycles. The van der Waals surface area contributed by atoms with Gasteiger partial charge in [0.25, 0.3) is 5.91 Å². The van der Waals surface area contributed by atoms with E-state index < -0.39 is 71.9 Å². The van der Waals surface area contributed by atoms with Gasteiger partial charge in [0.2, 0.25) is 0 Å². The molecule has 3 rings (SSSR count). The van der Waals surface area contributed by atoms with Crippen LogP contribution in [0.5, 0.6) is 0 Å². The predicted molar refractivity (Wildman–Crippen MR) is 208 cm³/mol. The summed E-state index contributed by atoms with van der Waals surface area (Å²) in [5.41, 5.74) is -0.475. The van der Waals surface area contributed by atoms with E-state index in [0.29, 0.717) is 18.8 Å². The molecule has 310 valence electrons. The number of alkyl halides is 1. The minimum Gasteiger partial charge on any atom is -0.458 e. The Morgan fingerprint density at radius 1 is 0.786 bits per heavy atom. The molecule has 1 heterocycles. The third kappa shape index (κ3) is 14.7. The second kappa shape index (κ2) is 20.4. The van der Waals surface area contributed by atoms with Gasteiger partial charge in [0.05, 0.1) is 13.2 Å². The van der Waals surface area contributed by atoms with Gasteiger partial charge in [-0.3, -0.25) is 9.69 Å². The van der Waals surface area contributed by atoms with Crippen molar-refractivity contribution in [1.29, 1.82) is 0 Å². The molecule has 13 nitrogen and oxygen atoms in total. The number of carbonyl (C=O) groups is 5. The number of nitrogens with zero attached hydrogens (tertiary/aromatic N) is 3. The molecule has 2 amide bonds. The molecule has 0 radical (unpaired) electrons. The number of benzene rings is 2. The maximum Gasteiger partial charge on any atom is 0.410 e. The van der Waals surface area contributed by atoms with Gasteiger partial charge in [-0.25, -0.2) is 23.6 Å². The molecule has 0 aliphatic carbocycles. The Morgan fingerprint density at radius 3 is 1.93 bits per heavy atom. The quantitative estimate of drug-likeness (QED) is 0.140. The molecular weight excluding hydrogens is 725 g/mol. The summed E-state index contributed by atoms with van der Waals surface area (Å²) in [6.07, 6.45) is -4.06. The van der Waals surface area contributed by atoms with E-state index in [0.717, 1.165) is 34.1 Å². The lowest BCUT2D eigenvalue weighted by atomic mass is 9.99. The maximum absolute atomic E-state index is 15.2. The molecule has 1 aliphatic rings. The predicted octanol–water partition coefficient (Wildman–Crippen LogP) is 5.90. The summed E-state index contributed by atoms with van der Waals surface area (Å²) in [6.45, 7) is 15.2. The molecule has 4 atom stereocenters. The maximum atomic E-state index is 15.2. The first-order chi connectivity index (χ1) is 26.1. The van der Waals surface area contributed by atoms with E-state index >= 15 is 4.39 Å². The van der Waals surface area contributed by atoms with E-state index in [4.69, 9.17) is 23.7 Å². The molecule has 14 heteroatoms. The van der Waals surface area contributed by atoms with Crippen molar-refractivity contribution in [2.24, 2.45) is 5.92 Å². The van der Waals surface area contributed by atoms with Crippen LogP contribution in [0.2, 0.25) is 0 Å². The summed E-state index contributed by atoms with van der Waals surface area (Å²) >= 11 is 0. The summed E-state index contributed by atoms with van der Waals surface area (Å²) in [5, 5.41) is 0. The molecule has 0 N–H and O–H groups in total. The molecule has 2 aromatic carbocycles. The largest absolute Gasteiger partial charge is 0.458 e. The number of morpholine rings is 1.